The van der Waals surface area contributed by atoms with E-state index < -0.39 is 0 Å². The highest BCUT2D eigenvalue weighted by Crippen LogP contribution is 2.41. The summed E-state index contributed by atoms with van der Waals surface area (Å²) in [7, 11) is 0. The summed E-state index contributed by atoms with van der Waals surface area (Å²) in [6.45, 7) is 15.1. The Labute approximate surface area is 184 Å². The lowest BCUT2D eigenvalue weighted by molar-refractivity contribution is 0.0560. The lowest BCUT2D eigenvalue weighted by Crippen LogP contribution is -2.36. The molecule has 0 unspecified atom stereocenters. The van der Waals surface area contributed by atoms with E-state index in [1.54, 1.807) is 0 Å². The molecule has 0 bridgehead atoms. The molecule has 1 heterocycles. The van der Waals surface area contributed by atoms with Gasteiger partial charge in [-0.2, -0.15) is 0 Å². The standard InChI is InChI=1S/C28H42O2/c1-20(2)11-8-12-21(3)13-9-14-22(4)15-10-17-28(7)18-16-25-19-26(29)23(5)24(6)27(25)30-28/h11,13,15,19,29H,8-10,12,14,16-18H2,1-7H3/b21-13+,22-15+/t28-/m1/s1. The fourth-order valence-electron chi connectivity index (χ4n) is 4.11. The third-order valence-electron chi connectivity index (χ3n) is 6.45. The zero-order chi connectivity index (χ0) is 22.3. The van der Waals surface area contributed by atoms with Crippen molar-refractivity contribution in [1.82, 2.24) is 0 Å². The Morgan fingerprint density at radius 3 is 2.20 bits per heavy atom. The number of hydrogen-bond donors (Lipinski definition) is 1. The van der Waals surface area contributed by atoms with Crippen molar-refractivity contribution in [2.45, 2.75) is 105 Å². The molecule has 30 heavy (non-hydrogen) atoms. The highest BCUT2D eigenvalue weighted by Gasteiger charge is 2.32. The van der Waals surface area contributed by atoms with Crippen molar-refractivity contribution in [3.05, 3.63) is 57.7 Å². The first kappa shape index (κ1) is 24.3. The molecule has 1 aromatic carbocycles. The Morgan fingerprint density at radius 2 is 1.57 bits per heavy atom. The van der Waals surface area contributed by atoms with E-state index in [0.717, 1.165) is 67.4 Å². The lowest BCUT2D eigenvalue weighted by Gasteiger charge is -2.37. The van der Waals surface area contributed by atoms with Crippen molar-refractivity contribution in [3.8, 4) is 11.5 Å². The second kappa shape index (κ2) is 10.9. The van der Waals surface area contributed by atoms with E-state index in [0.29, 0.717) is 5.75 Å². The van der Waals surface area contributed by atoms with Gasteiger partial charge in [0.15, 0.2) is 0 Å². The highest BCUT2D eigenvalue weighted by molar-refractivity contribution is 5.53. The Hall–Kier alpha value is -1.96. The quantitative estimate of drug-likeness (QED) is 0.415. The molecule has 0 fully saturated rings. The molecule has 1 aliphatic heterocycles. The molecule has 1 aliphatic rings. The van der Waals surface area contributed by atoms with Crippen LogP contribution in [0, 0.1) is 13.8 Å². The number of fused-ring (bicyclic) bond motifs is 1. The first-order valence-electron chi connectivity index (χ1n) is 11.6. The molecule has 2 rings (SSSR count). The first-order valence-corrected chi connectivity index (χ1v) is 11.6. The summed E-state index contributed by atoms with van der Waals surface area (Å²) in [5, 5.41) is 10.1. The Morgan fingerprint density at radius 1 is 0.967 bits per heavy atom. The topological polar surface area (TPSA) is 29.5 Å². The molecular weight excluding hydrogens is 368 g/mol. The van der Waals surface area contributed by atoms with Gasteiger partial charge in [0.25, 0.3) is 0 Å². The van der Waals surface area contributed by atoms with E-state index in [1.165, 1.54) is 23.1 Å². The number of benzene rings is 1. The van der Waals surface area contributed by atoms with Crippen LogP contribution in [0.2, 0.25) is 0 Å². The van der Waals surface area contributed by atoms with E-state index in [1.807, 2.05) is 13.0 Å². The average molecular weight is 411 g/mol. The molecule has 2 nitrogen and oxygen atoms in total. The molecule has 0 spiro atoms. The van der Waals surface area contributed by atoms with Crippen LogP contribution in [0.3, 0.4) is 0 Å². The van der Waals surface area contributed by atoms with Gasteiger partial charge < -0.3 is 9.84 Å². The van der Waals surface area contributed by atoms with Gasteiger partial charge in [0.05, 0.1) is 0 Å². The minimum Gasteiger partial charge on any atom is -0.508 e. The summed E-state index contributed by atoms with van der Waals surface area (Å²) < 4.78 is 6.48. The van der Waals surface area contributed by atoms with E-state index in [9.17, 15) is 5.11 Å². The number of allylic oxidation sites excluding steroid dienone is 6. The number of aromatic hydroxyl groups is 1. The molecule has 166 valence electrons. The number of rotatable bonds is 9. The van der Waals surface area contributed by atoms with Crippen molar-refractivity contribution in [2.24, 2.45) is 0 Å². The number of ether oxygens (including phenoxy) is 1. The number of phenolic OH excluding ortho intramolecular Hbond substituents is 1. The second-order valence-corrected chi connectivity index (χ2v) is 9.68. The first-order chi connectivity index (χ1) is 14.1. The molecule has 1 atom stereocenters. The predicted octanol–water partition coefficient (Wildman–Crippen LogP) is 8.29. The SMILES string of the molecule is CC(C)=CCC/C(C)=C/CC/C(C)=C/CC[C@]1(C)CCc2cc(O)c(C)c(C)c2O1. The maximum Gasteiger partial charge on any atom is 0.126 e. The minimum atomic E-state index is -0.126. The zero-order valence-electron chi connectivity index (χ0n) is 20.3. The summed E-state index contributed by atoms with van der Waals surface area (Å²) in [6.07, 6.45) is 15.8. The normalized spacial score (nSPS) is 19.3. The van der Waals surface area contributed by atoms with Gasteiger partial charge in [-0.05, 0) is 123 Å². The van der Waals surface area contributed by atoms with Crippen LogP contribution < -0.4 is 4.74 Å². The smallest absolute Gasteiger partial charge is 0.126 e. The predicted molar refractivity (Wildman–Crippen MR) is 130 cm³/mol. The van der Waals surface area contributed by atoms with Crippen LogP contribution >= 0.6 is 0 Å². The minimum absolute atomic E-state index is 0.126. The summed E-state index contributed by atoms with van der Waals surface area (Å²) in [5.41, 5.74) is 7.40. The second-order valence-electron chi connectivity index (χ2n) is 9.68. The molecule has 0 amide bonds. The maximum absolute atomic E-state index is 10.1. The Balaban J connectivity index is 1.83. The van der Waals surface area contributed by atoms with Gasteiger partial charge in [-0.25, -0.2) is 0 Å². The number of aryl methyl sites for hydroxylation is 1. The monoisotopic (exact) mass is 410 g/mol. The largest absolute Gasteiger partial charge is 0.508 e. The molecule has 0 saturated heterocycles. The molecule has 1 N–H and O–H groups in total. The highest BCUT2D eigenvalue weighted by atomic mass is 16.5. The van der Waals surface area contributed by atoms with E-state index in [2.05, 4.69) is 59.8 Å². The summed E-state index contributed by atoms with van der Waals surface area (Å²) in [5.74, 6) is 1.38. The molecule has 2 heteroatoms. The fourth-order valence-corrected chi connectivity index (χ4v) is 4.11. The number of hydrogen-bond acceptors (Lipinski definition) is 2. The van der Waals surface area contributed by atoms with Gasteiger partial charge in [-0.1, -0.05) is 34.9 Å². The Kier molecular flexibility index (Phi) is 8.82. The molecular formula is C28H42O2. The van der Waals surface area contributed by atoms with Crippen LogP contribution in [0.4, 0.5) is 0 Å². The zero-order valence-corrected chi connectivity index (χ0v) is 20.3. The maximum atomic E-state index is 10.1. The van der Waals surface area contributed by atoms with Gasteiger partial charge in [0.1, 0.15) is 17.1 Å². The van der Waals surface area contributed by atoms with Gasteiger partial charge in [-0.3, -0.25) is 0 Å². The summed E-state index contributed by atoms with van der Waals surface area (Å²) in [4.78, 5) is 0. The summed E-state index contributed by atoms with van der Waals surface area (Å²) in [6, 6.07) is 1.89. The molecule has 0 aliphatic carbocycles. The van der Waals surface area contributed by atoms with Crippen LogP contribution in [-0.4, -0.2) is 10.7 Å². The van der Waals surface area contributed by atoms with Crippen LogP contribution in [0.25, 0.3) is 0 Å². The van der Waals surface area contributed by atoms with Crippen LogP contribution in [-0.2, 0) is 6.42 Å². The summed E-state index contributed by atoms with van der Waals surface area (Å²) >= 11 is 0. The van der Waals surface area contributed by atoms with Crippen molar-refractivity contribution < 1.29 is 9.84 Å². The van der Waals surface area contributed by atoms with Gasteiger partial charge in [0.2, 0.25) is 0 Å². The van der Waals surface area contributed by atoms with Crippen molar-refractivity contribution in [1.29, 1.82) is 0 Å². The van der Waals surface area contributed by atoms with Gasteiger partial charge in [0, 0.05) is 0 Å². The van der Waals surface area contributed by atoms with Crippen molar-refractivity contribution in [3.63, 3.8) is 0 Å². The third kappa shape index (κ3) is 7.07. The lowest BCUT2D eigenvalue weighted by atomic mass is 9.87. The van der Waals surface area contributed by atoms with E-state index >= 15 is 0 Å². The van der Waals surface area contributed by atoms with Crippen LogP contribution in [0.1, 0.15) is 96.3 Å². The molecule has 1 aromatic rings. The van der Waals surface area contributed by atoms with Crippen LogP contribution in [0.5, 0.6) is 11.5 Å². The molecule has 0 radical (unpaired) electrons. The van der Waals surface area contributed by atoms with Gasteiger partial charge >= 0.3 is 0 Å². The van der Waals surface area contributed by atoms with Gasteiger partial charge in [-0.15, -0.1) is 0 Å². The van der Waals surface area contributed by atoms with E-state index in [-0.39, 0.29) is 5.60 Å². The van der Waals surface area contributed by atoms with Crippen molar-refractivity contribution >= 4 is 0 Å². The number of phenols is 1. The molecule has 0 saturated carbocycles. The Bertz CT molecular complexity index is 822. The molecule has 0 aromatic heterocycles. The van der Waals surface area contributed by atoms with Crippen molar-refractivity contribution in [2.75, 3.05) is 0 Å². The van der Waals surface area contributed by atoms with Crippen LogP contribution in [0.15, 0.2) is 41.0 Å². The van der Waals surface area contributed by atoms with E-state index in [4.69, 9.17) is 4.74 Å². The fraction of sp³-hybridized carbons (Fsp3) is 0.571. The average Bonchev–Trinajstić information content (AvgIpc) is 2.67. The third-order valence-corrected chi connectivity index (χ3v) is 6.45.